The minimum absolute atomic E-state index is 0.0233. The van der Waals surface area contributed by atoms with E-state index in [9.17, 15) is 4.79 Å². The third-order valence-electron chi connectivity index (χ3n) is 3.41. The Labute approximate surface area is 123 Å². The third-order valence-corrected chi connectivity index (χ3v) is 3.41. The van der Waals surface area contributed by atoms with Crippen molar-refractivity contribution in [1.82, 2.24) is 4.98 Å². The Balaban J connectivity index is 1.69. The molecule has 0 bridgehead atoms. The summed E-state index contributed by atoms with van der Waals surface area (Å²) in [7, 11) is 0. The number of amides is 1. The highest BCUT2D eigenvalue weighted by Gasteiger charge is 2.06. The van der Waals surface area contributed by atoms with Crippen LogP contribution in [-0.2, 0) is 11.2 Å². The number of aromatic nitrogens is 1. The smallest absolute Gasteiger partial charge is 0.224 e. The van der Waals surface area contributed by atoms with Crippen molar-refractivity contribution in [2.75, 3.05) is 5.32 Å². The minimum atomic E-state index is 0.0233. The first-order valence-corrected chi connectivity index (χ1v) is 7.00. The summed E-state index contributed by atoms with van der Waals surface area (Å²) in [4.78, 5) is 16.4. The summed E-state index contributed by atoms with van der Waals surface area (Å²) >= 11 is 0. The number of nitrogens with zero attached hydrogens (tertiary/aromatic N) is 1. The molecule has 1 amide bonds. The van der Waals surface area contributed by atoms with Gasteiger partial charge < -0.3 is 5.32 Å². The Bertz CT molecular complexity index is 748. The SMILES string of the molecule is O=C(CCc1ccccc1)Nc1ccnc2ccccc12. The zero-order chi connectivity index (χ0) is 14.5. The number of anilines is 1. The molecule has 0 radical (unpaired) electrons. The van der Waals surface area contributed by atoms with Gasteiger partial charge >= 0.3 is 0 Å². The van der Waals surface area contributed by atoms with E-state index in [0.717, 1.165) is 23.0 Å². The summed E-state index contributed by atoms with van der Waals surface area (Å²) in [6, 6.07) is 19.7. The molecule has 0 aliphatic heterocycles. The summed E-state index contributed by atoms with van der Waals surface area (Å²) in [5.74, 6) is 0.0233. The molecule has 3 aromatic rings. The standard InChI is InChI=1S/C18H16N2O/c21-18(11-10-14-6-2-1-3-7-14)20-17-12-13-19-16-9-5-4-8-15(16)17/h1-9,12-13H,10-11H2,(H,19,20,21). The summed E-state index contributed by atoms with van der Waals surface area (Å²) in [6.07, 6.45) is 2.94. The van der Waals surface area contributed by atoms with Crippen LogP contribution >= 0.6 is 0 Å². The van der Waals surface area contributed by atoms with Crippen LogP contribution in [-0.4, -0.2) is 10.9 Å². The van der Waals surface area contributed by atoms with Crippen LogP contribution in [0.3, 0.4) is 0 Å². The molecule has 0 spiro atoms. The maximum absolute atomic E-state index is 12.1. The van der Waals surface area contributed by atoms with Crippen LogP contribution in [0.2, 0.25) is 0 Å². The zero-order valence-electron chi connectivity index (χ0n) is 11.6. The Morgan fingerprint density at radius 1 is 0.952 bits per heavy atom. The molecule has 1 aromatic heterocycles. The molecular weight excluding hydrogens is 260 g/mol. The van der Waals surface area contributed by atoms with E-state index in [4.69, 9.17) is 0 Å². The number of hydrogen-bond acceptors (Lipinski definition) is 2. The van der Waals surface area contributed by atoms with Gasteiger partial charge in [-0.15, -0.1) is 0 Å². The van der Waals surface area contributed by atoms with Crippen LogP contribution in [0.4, 0.5) is 5.69 Å². The molecule has 21 heavy (non-hydrogen) atoms. The first-order valence-electron chi connectivity index (χ1n) is 7.00. The number of nitrogens with one attached hydrogen (secondary N) is 1. The molecule has 0 aliphatic carbocycles. The van der Waals surface area contributed by atoms with E-state index < -0.39 is 0 Å². The van der Waals surface area contributed by atoms with Gasteiger partial charge in [0.2, 0.25) is 5.91 Å². The monoisotopic (exact) mass is 276 g/mol. The number of hydrogen-bond donors (Lipinski definition) is 1. The predicted octanol–water partition coefficient (Wildman–Crippen LogP) is 3.81. The number of rotatable bonds is 4. The Hall–Kier alpha value is -2.68. The second-order valence-electron chi connectivity index (χ2n) is 4.91. The summed E-state index contributed by atoms with van der Waals surface area (Å²) in [6.45, 7) is 0. The lowest BCUT2D eigenvalue weighted by atomic mass is 10.1. The van der Waals surface area contributed by atoms with E-state index in [2.05, 4.69) is 10.3 Å². The van der Waals surface area contributed by atoms with Gasteiger partial charge in [-0.3, -0.25) is 9.78 Å². The van der Waals surface area contributed by atoms with E-state index in [-0.39, 0.29) is 5.91 Å². The second-order valence-corrected chi connectivity index (χ2v) is 4.91. The van der Waals surface area contributed by atoms with E-state index in [0.29, 0.717) is 6.42 Å². The summed E-state index contributed by atoms with van der Waals surface area (Å²) in [5, 5.41) is 3.94. The van der Waals surface area contributed by atoms with Crippen molar-refractivity contribution < 1.29 is 4.79 Å². The van der Waals surface area contributed by atoms with Crippen LogP contribution in [0.1, 0.15) is 12.0 Å². The molecule has 1 N–H and O–H groups in total. The highest BCUT2D eigenvalue weighted by Crippen LogP contribution is 2.21. The number of benzene rings is 2. The van der Waals surface area contributed by atoms with Gasteiger partial charge in [-0.2, -0.15) is 0 Å². The van der Waals surface area contributed by atoms with Gasteiger partial charge in [0.05, 0.1) is 11.2 Å². The molecule has 3 rings (SSSR count). The van der Waals surface area contributed by atoms with Crippen molar-refractivity contribution in [3.05, 3.63) is 72.4 Å². The first kappa shape index (κ1) is 13.3. The van der Waals surface area contributed by atoms with Gasteiger partial charge in [0.25, 0.3) is 0 Å². The number of para-hydroxylation sites is 1. The topological polar surface area (TPSA) is 42.0 Å². The first-order chi connectivity index (χ1) is 10.3. The molecule has 0 saturated heterocycles. The van der Waals surface area contributed by atoms with Crippen LogP contribution in [0.15, 0.2) is 66.9 Å². The number of aryl methyl sites for hydroxylation is 1. The lowest BCUT2D eigenvalue weighted by Gasteiger charge is -2.08. The van der Waals surface area contributed by atoms with Crippen LogP contribution in [0, 0.1) is 0 Å². The molecule has 0 unspecified atom stereocenters. The fraction of sp³-hybridized carbons (Fsp3) is 0.111. The average Bonchev–Trinajstić information content (AvgIpc) is 2.54. The fourth-order valence-electron chi connectivity index (χ4n) is 2.32. The lowest BCUT2D eigenvalue weighted by Crippen LogP contribution is -2.12. The molecule has 104 valence electrons. The quantitative estimate of drug-likeness (QED) is 0.787. The molecule has 1 heterocycles. The van der Waals surface area contributed by atoms with E-state index in [1.54, 1.807) is 6.20 Å². The lowest BCUT2D eigenvalue weighted by molar-refractivity contribution is -0.116. The number of fused-ring (bicyclic) bond motifs is 1. The van der Waals surface area contributed by atoms with Gasteiger partial charge in [-0.1, -0.05) is 48.5 Å². The van der Waals surface area contributed by atoms with Crippen LogP contribution in [0.5, 0.6) is 0 Å². The van der Waals surface area contributed by atoms with Gasteiger partial charge in [0, 0.05) is 18.0 Å². The van der Waals surface area contributed by atoms with Crippen molar-refractivity contribution in [1.29, 1.82) is 0 Å². The van der Waals surface area contributed by atoms with Crippen molar-refractivity contribution in [2.24, 2.45) is 0 Å². The van der Waals surface area contributed by atoms with Gasteiger partial charge in [0.15, 0.2) is 0 Å². The molecule has 0 saturated carbocycles. The molecule has 0 aliphatic rings. The van der Waals surface area contributed by atoms with E-state index in [1.807, 2.05) is 60.7 Å². The summed E-state index contributed by atoms with van der Waals surface area (Å²) in [5.41, 5.74) is 2.88. The molecular formula is C18H16N2O. The third kappa shape index (κ3) is 3.26. The number of carbonyl (C=O) groups is 1. The van der Waals surface area contributed by atoms with Gasteiger partial charge in [0.1, 0.15) is 0 Å². The second kappa shape index (κ2) is 6.18. The summed E-state index contributed by atoms with van der Waals surface area (Å²) < 4.78 is 0. The zero-order valence-corrected chi connectivity index (χ0v) is 11.6. The van der Waals surface area contributed by atoms with Crippen molar-refractivity contribution in [3.8, 4) is 0 Å². The Kier molecular flexibility index (Phi) is 3.92. The predicted molar refractivity (Wildman–Crippen MR) is 85.1 cm³/mol. The van der Waals surface area contributed by atoms with Crippen molar-refractivity contribution in [3.63, 3.8) is 0 Å². The van der Waals surface area contributed by atoms with Crippen LogP contribution in [0.25, 0.3) is 10.9 Å². The minimum Gasteiger partial charge on any atom is -0.325 e. The Morgan fingerprint density at radius 3 is 2.57 bits per heavy atom. The molecule has 0 fully saturated rings. The largest absolute Gasteiger partial charge is 0.325 e. The molecule has 3 heteroatoms. The fourth-order valence-corrected chi connectivity index (χ4v) is 2.32. The maximum atomic E-state index is 12.1. The van der Waals surface area contributed by atoms with Crippen molar-refractivity contribution >= 4 is 22.5 Å². The van der Waals surface area contributed by atoms with E-state index in [1.165, 1.54) is 5.56 Å². The highest BCUT2D eigenvalue weighted by atomic mass is 16.1. The number of pyridine rings is 1. The maximum Gasteiger partial charge on any atom is 0.224 e. The molecule has 0 atom stereocenters. The normalized spacial score (nSPS) is 10.5. The molecule has 3 nitrogen and oxygen atoms in total. The number of carbonyl (C=O) groups excluding carboxylic acids is 1. The average molecular weight is 276 g/mol. The van der Waals surface area contributed by atoms with Gasteiger partial charge in [-0.25, -0.2) is 0 Å². The molecule has 2 aromatic carbocycles. The van der Waals surface area contributed by atoms with Crippen molar-refractivity contribution in [2.45, 2.75) is 12.8 Å². The Morgan fingerprint density at radius 2 is 1.71 bits per heavy atom. The van der Waals surface area contributed by atoms with Gasteiger partial charge in [-0.05, 0) is 24.1 Å². The van der Waals surface area contributed by atoms with Crippen LogP contribution < -0.4 is 5.32 Å². The van der Waals surface area contributed by atoms with E-state index >= 15 is 0 Å². The highest BCUT2D eigenvalue weighted by molar-refractivity contribution is 6.00.